The molecule has 1 saturated heterocycles. The number of carbonyl (C=O) groups is 1. The van der Waals surface area contributed by atoms with Gasteiger partial charge in [0.15, 0.2) is 11.9 Å². The number of amides is 1. The number of aromatic nitrogens is 3. The number of rotatable bonds is 5. The molecule has 2 aliphatic rings. The number of imidazole rings is 1. The molecule has 4 heterocycles. The predicted octanol–water partition coefficient (Wildman–Crippen LogP) is 2.57. The Morgan fingerprint density at radius 3 is 2.83 bits per heavy atom. The molecule has 0 radical (unpaired) electrons. The third-order valence-electron chi connectivity index (χ3n) is 6.16. The monoisotopic (exact) mass is 488 g/mol. The zero-order valence-corrected chi connectivity index (χ0v) is 20.1. The van der Waals surface area contributed by atoms with E-state index in [1.807, 2.05) is 41.0 Å². The van der Waals surface area contributed by atoms with Crippen LogP contribution >= 0.6 is 0 Å². The van der Waals surface area contributed by atoms with Crippen LogP contribution in [0.3, 0.4) is 0 Å². The van der Waals surface area contributed by atoms with Crippen LogP contribution in [-0.4, -0.2) is 69.6 Å². The number of ether oxygens (including phenoxy) is 2. The van der Waals surface area contributed by atoms with Crippen molar-refractivity contribution in [3.05, 3.63) is 71.5 Å². The molecule has 5 rings (SSSR count). The van der Waals surface area contributed by atoms with Gasteiger partial charge in [-0.3, -0.25) is 4.79 Å². The van der Waals surface area contributed by atoms with Gasteiger partial charge in [-0.2, -0.15) is 0 Å². The molecular formula is C27H28N4O5. The molecule has 0 spiro atoms. The van der Waals surface area contributed by atoms with E-state index in [1.54, 1.807) is 24.2 Å². The molecule has 9 nitrogen and oxygen atoms in total. The molecule has 2 aromatic heterocycles. The van der Waals surface area contributed by atoms with Gasteiger partial charge in [-0.25, -0.2) is 4.98 Å². The van der Waals surface area contributed by atoms with Gasteiger partial charge in [0.05, 0.1) is 26.4 Å². The van der Waals surface area contributed by atoms with E-state index in [0.29, 0.717) is 51.0 Å². The Morgan fingerprint density at radius 2 is 2.11 bits per heavy atom. The average Bonchev–Trinajstić information content (AvgIpc) is 3.58. The molecule has 36 heavy (non-hydrogen) atoms. The van der Waals surface area contributed by atoms with Crippen LogP contribution in [-0.2, 0) is 20.8 Å². The highest BCUT2D eigenvalue weighted by molar-refractivity contribution is 5.81. The van der Waals surface area contributed by atoms with Crippen molar-refractivity contribution in [2.45, 2.75) is 32.1 Å². The van der Waals surface area contributed by atoms with Crippen LogP contribution in [0.15, 0.2) is 58.9 Å². The maximum absolute atomic E-state index is 12.5. The quantitative estimate of drug-likeness (QED) is 0.551. The zero-order valence-electron chi connectivity index (χ0n) is 20.1. The van der Waals surface area contributed by atoms with Crippen LogP contribution in [0, 0.1) is 11.8 Å². The fourth-order valence-electron chi connectivity index (χ4n) is 4.21. The molecule has 1 aromatic carbocycles. The lowest BCUT2D eigenvalue weighted by atomic mass is 10.1. The van der Waals surface area contributed by atoms with Gasteiger partial charge in [-0.15, -0.1) is 0 Å². The van der Waals surface area contributed by atoms with Gasteiger partial charge in [0.25, 0.3) is 5.91 Å². The van der Waals surface area contributed by atoms with E-state index in [-0.39, 0.29) is 5.91 Å². The van der Waals surface area contributed by atoms with Gasteiger partial charge >= 0.3 is 0 Å². The molecule has 0 bridgehead atoms. The van der Waals surface area contributed by atoms with E-state index in [9.17, 15) is 9.90 Å². The number of aliphatic hydroxyl groups is 1. The van der Waals surface area contributed by atoms with Crippen molar-refractivity contribution in [3.63, 3.8) is 0 Å². The second-order valence-corrected chi connectivity index (χ2v) is 8.80. The first-order valence-corrected chi connectivity index (χ1v) is 12.0. The second kappa shape index (κ2) is 10.9. The molecule has 2 atom stereocenters. The van der Waals surface area contributed by atoms with Crippen molar-refractivity contribution in [1.82, 2.24) is 19.6 Å². The highest BCUT2D eigenvalue weighted by Gasteiger charge is 2.28. The minimum atomic E-state index is -0.655. The third kappa shape index (κ3) is 5.57. The Morgan fingerprint density at radius 1 is 1.25 bits per heavy atom. The summed E-state index contributed by atoms with van der Waals surface area (Å²) in [6, 6.07) is 9.69. The van der Waals surface area contributed by atoms with Crippen molar-refractivity contribution in [3.8, 4) is 23.2 Å². The summed E-state index contributed by atoms with van der Waals surface area (Å²) < 4.78 is 18.2. The maximum atomic E-state index is 12.5. The van der Waals surface area contributed by atoms with Crippen LogP contribution in [0.2, 0.25) is 0 Å². The summed E-state index contributed by atoms with van der Waals surface area (Å²) >= 11 is 0. The number of nitrogens with zero attached hydrogens (tertiary/aromatic N) is 4. The van der Waals surface area contributed by atoms with E-state index < -0.39 is 12.2 Å². The molecule has 9 heteroatoms. The lowest BCUT2D eigenvalue weighted by molar-refractivity contribution is -0.157. The summed E-state index contributed by atoms with van der Waals surface area (Å²) in [5.41, 5.74) is 3.57. The summed E-state index contributed by atoms with van der Waals surface area (Å²) in [6.07, 6.45) is 5.04. The van der Waals surface area contributed by atoms with E-state index in [1.165, 1.54) is 0 Å². The topological polar surface area (TPSA) is 103 Å². The highest BCUT2D eigenvalue weighted by Crippen LogP contribution is 2.22. The summed E-state index contributed by atoms with van der Waals surface area (Å²) in [4.78, 5) is 18.5. The minimum Gasteiger partial charge on any atom is -0.385 e. The molecule has 0 aliphatic carbocycles. The van der Waals surface area contributed by atoms with Crippen molar-refractivity contribution < 1.29 is 23.9 Å². The van der Waals surface area contributed by atoms with Crippen LogP contribution < -0.4 is 0 Å². The number of benzene rings is 1. The van der Waals surface area contributed by atoms with Gasteiger partial charge in [0.1, 0.15) is 17.6 Å². The lowest BCUT2D eigenvalue weighted by Gasteiger charge is -2.30. The normalized spacial score (nSPS) is 18.8. The summed E-state index contributed by atoms with van der Waals surface area (Å²) in [5.74, 6) is 7.67. The van der Waals surface area contributed by atoms with Crippen LogP contribution in [0.5, 0.6) is 0 Å². The molecule has 1 unspecified atom stereocenters. The Hall–Kier alpha value is -3.71. The van der Waals surface area contributed by atoms with E-state index >= 15 is 0 Å². The molecule has 1 amide bonds. The second-order valence-electron chi connectivity index (χ2n) is 8.80. The first-order chi connectivity index (χ1) is 17.6. The van der Waals surface area contributed by atoms with Crippen molar-refractivity contribution in [2.75, 3.05) is 32.9 Å². The Kier molecular flexibility index (Phi) is 7.28. The molecule has 1 fully saturated rings. The SMILES string of the molecule is C[C@H](O)c1nccn1Cc1cc(-c2ccc(C#CC3=CCN(C(=O)C4COCCO4)CC3)cc2)on1. The van der Waals surface area contributed by atoms with Crippen molar-refractivity contribution in [2.24, 2.45) is 0 Å². The third-order valence-corrected chi connectivity index (χ3v) is 6.16. The van der Waals surface area contributed by atoms with Crippen molar-refractivity contribution in [1.29, 1.82) is 0 Å². The zero-order chi connectivity index (χ0) is 24.9. The Balaban J connectivity index is 1.18. The molecule has 2 aliphatic heterocycles. The summed E-state index contributed by atoms with van der Waals surface area (Å²) in [6.45, 7) is 4.64. The number of hydrogen-bond acceptors (Lipinski definition) is 7. The maximum Gasteiger partial charge on any atom is 0.254 e. The fourth-order valence-corrected chi connectivity index (χ4v) is 4.21. The largest absolute Gasteiger partial charge is 0.385 e. The molecule has 0 saturated carbocycles. The Bertz CT molecular complexity index is 1290. The van der Waals surface area contributed by atoms with E-state index in [0.717, 1.165) is 28.8 Å². The van der Waals surface area contributed by atoms with Gasteiger partial charge < -0.3 is 28.6 Å². The average molecular weight is 489 g/mol. The summed E-state index contributed by atoms with van der Waals surface area (Å²) in [5, 5.41) is 14.0. The van der Waals surface area contributed by atoms with Gasteiger partial charge in [0.2, 0.25) is 0 Å². The molecule has 186 valence electrons. The van der Waals surface area contributed by atoms with E-state index in [4.69, 9.17) is 14.0 Å². The van der Waals surface area contributed by atoms with Gasteiger partial charge in [-0.05, 0) is 37.6 Å². The van der Waals surface area contributed by atoms with Gasteiger partial charge in [-0.1, -0.05) is 23.1 Å². The van der Waals surface area contributed by atoms with Crippen LogP contribution in [0.4, 0.5) is 0 Å². The smallest absolute Gasteiger partial charge is 0.254 e. The fraction of sp³-hybridized carbons (Fsp3) is 0.370. The predicted molar refractivity (Wildman–Crippen MR) is 131 cm³/mol. The molecule has 1 N–H and O–H groups in total. The standard InChI is InChI=1S/C27H28N4O5/c1-19(32)26-28-10-13-31(26)17-23-16-24(36-29-23)22-6-4-20(5-7-22)2-3-21-8-11-30(12-9-21)27(33)25-18-34-14-15-35-25/h4-8,10,13,16,19,25,32H,9,11-12,14-15,17-18H2,1H3/t19-,25?/m0/s1. The van der Waals surface area contributed by atoms with Crippen LogP contribution in [0.1, 0.15) is 36.5 Å². The highest BCUT2D eigenvalue weighted by atomic mass is 16.6. The number of aliphatic hydroxyl groups excluding tert-OH is 1. The Labute approximate surface area is 209 Å². The lowest BCUT2D eigenvalue weighted by Crippen LogP contribution is -2.46. The number of carbonyl (C=O) groups excluding carboxylic acids is 1. The molecule has 3 aromatic rings. The molecular weight excluding hydrogens is 460 g/mol. The van der Waals surface area contributed by atoms with Crippen LogP contribution in [0.25, 0.3) is 11.3 Å². The number of hydrogen-bond donors (Lipinski definition) is 1. The van der Waals surface area contributed by atoms with Crippen molar-refractivity contribution >= 4 is 5.91 Å². The first kappa shape index (κ1) is 24.0. The first-order valence-electron chi connectivity index (χ1n) is 12.0. The summed E-state index contributed by atoms with van der Waals surface area (Å²) in [7, 11) is 0. The minimum absolute atomic E-state index is 0.0162. The van der Waals surface area contributed by atoms with E-state index in [2.05, 4.69) is 22.0 Å². The van der Waals surface area contributed by atoms with Gasteiger partial charge in [0, 0.05) is 48.2 Å².